The van der Waals surface area contributed by atoms with Crippen molar-refractivity contribution in [2.75, 3.05) is 0 Å². The van der Waals surface area contributed by atoms with E-state index in [1.54, 1.807) is 13.8 Å². The molecule has 0 heterocycles. The molecule has 0 aliphatic carbocycles. The third kappa shape index (κ3) is 3.41. The van der Waals surface area contributed by atoms with Gasteiger partial charge in [0.2, 0.25) is 0 Å². The Morgan fingerprint density at radius 2 is 1.79 bits per heavy atom. The monoisotopic (exact) mass is 265 g/mol. The molecule has 0 aliphatic rings. The summed E-state index contributed by atoms with van der Waals surface area (Å²) in [4.78, 5) is 11.9. The molecule has 0 aromatic heterocycles. The first-order valence-electron chi connectivity index (χ1n) is 6.64. The Balaban J connectivity index is 2.81. The van der Waals surface area contributed by atoms with E-state index in [4.69, 9.17) is 0 Å². The van der Waals surface area contributed by atoms with Crippen LogP contribution in [0.5, 0.6) is 0 Å². The lowest BCUT2D eigenvalue weighted by atomic mass is 9.83. The average molecular weight is 265 g/mol. The van der Waals surface area contributed by atoms with Gasteiger partial charge in [-0.2, -0.15) is 0 Å². The molecule has 0 bridgehead atoms. The summed E-state index contributed by atoms with van der Waals surface area (Å²) >= 11 is 0. The van der Waals surface area contributed by atoms with Gasteiger partial charge in [0.15, 0.2) is 11.4 Å². The first-order chi connectivity index (χ1) is 8.87. The molecule has 0 saturated carbocycles. The fourth-order valence-corrected chi connectivity index (χ4v) is 2.12. The fraction of sp³-hybridized carbons (Fsp3) is 0.533. The van der Waals surface area contributed by atoms with Crippen LogP contribution in [0.3, 0.4) is 0 Å². The Kier molecular flexibility index (Phi) is 5.23. The van der Waals surface area contributed by atoms with E-state index < -0.39 is 11.3 Å². The van der Waals surface area contributed by atoms with E-state index in [0.717, 1.165) is 5.56 Å². The zero-order chi connectivity index (χ0) is 14.5. The number of carbonyl (C=O) groups excluding carboxylic acids is 1. The van der Waals surface area contributed by atoms with Gasteiger partial charge >= 0.3 is 0 Å². The van der Waals surface area contributed by atoms with Crippen LogP contribution in [0.15, 0.2) is 30.3 Å². The van der Waals surface area contributed by atoms with Gasteiger partial charge in [-0.15, -0.1) is 0 Å². The highest BCUT2D eigenvalue weighted by atomic mass is 16.4. The van der Waals surface area contributed by atoms with Crippen molar-refractivity contribution in [3.63, 3.8) is 0 Å². The second-order valence-electron chi connectivity index (χ2n) is 4.90. The van der Waals surface area contributed by atoms with Gasteiger partial charge in [0.1, 0.15) is 5.72 Å². The van der Waals surface area contributed by atoms with Gasteiger partial charge < -0.3 is 10.2 Å². The molecule has 19 heavy (non-hydrogen) atoms. The minimum Gasteiger partial charge on any atom is -0.378 e. The topological polar surface area (TPSA) is 69.6 Å². The zero-order valence-corrected chi connectivity index (χ0v) is 11.8. The van der Waals surface area contributed by atoms with E-state index in [1.165, 1.54) is 6.92 Å². The molecular weight excluding hydrogens is 242 g/mol. The van der Waals surface area contributed by atoms with Crippen LogP contribution in [0, 0.1) is 0 Å². The number of hydrogen-bond donors (Lipinski definition) is 3. The summed E-state index contributed by atoms with van der Waals surface area (Å²) < 4.78 is 0. The predicted molar refractivity (Wildman–Crippen MR) is 74.4 cm³/mol. The van der Waals surface area contributed by atoms with E-state index in [9.17, 15) is 15.0 Å². The van der Waals surface area contributed by atoms with Gasteiger partial charge in [0.25, 0.3) is 0 Å². The van der Waals surface area contributed by atoms with Crippen molar-refractivity contribution in [2.45, 2.75) is 51.5 Å². The third-order valence-corrected chi connectivity index (χ3v) is 3.58. The second-order valence-corrected chi connectivity index (χ2v) is 4.90. The first-order valence-corrected chi connectivity index (χ1v) is 6.64. The molecule has 106 valence electrons. The molecule has 0 unspecified atom stereocenters. The zero-order valence-electron chi connectivity index (χ0n) is 11.8. The van der Waals surface area contributed by atoms with Crippen LogP contribution in [0.25, 0.3) is 0 Å². The van der Waals surface area contributed by atoms with Crippen molar-refractivity contribution in [1.29, 1.82) is 0 Å². The van der Waals surface area contributed by atoms with Crippen LogP contribution in [-0.2, 0) is 11.3 Å². The Morgan fingerprint density at radius 1 is 1.21 bits per heavy atom. The standard InChI is InChI=1S/C15H23NO3/c1-4-13(17)15(19,5-2)14(3,18)16-11-12-9-7-6-8-10-12/h6-10,16,18-19H,4-5,11H2,1-3H3/t14-,15-/m1/s1. The smallest absolute Gasteiger partial charge is 0.168 e. The van der Waals surface area contributed by atoms with E-state index in [1.807, 2.05) is 30.3 Å². The van der Waals surface area contributed by atoms with Crippen molar-refractivity contribution in [2.24, 2.45) is 0 Å². The maximum atomic E-state index is 11.9. The normalized spacial score (nSPS) is 17.5. The minimum absolute atomic E-state index is 0.161. The Hall–Kier alpha value is -1.23. The van der Waals surface area contributed by atoms with Crippen LogP contribution in [0.1, 0.15) is 39.2 Å². The predicted octanol–water partition coefficient (Wildman–Crippen LogP) is 1.60. The highest BCUT2D eigenvalue weighted by Crippen LogP contribution is 2.26. The molecule has 3 N–H and O–H groups in total. The number of aliphatic hydroxyl groups is 2. The summed E-state index contributed by atoms with van der Waals surface area (Å²) in [7, 11) is 0. The summed E-state index contributed by atoms with van der Waals surface area (Å²) in [6, 6.07) is 9.53. The highest BCUT2D eigenvalue weighted by molar-refractivity contribution is 5.88. The summed E-state index contributed by atoms with van der Waals surface area (Å²) in [6.07, 6.45) is 0.349. The molecular formula is C15H23NO3. The van der Waals surface area contributed by atoms with Crippen LogP contribution in [0.4, 0.5) is 0 Å². The minimum atomic E-state index is -1.77. The van der Waals surface area contributed by atoms with E-state index in [2.05, 4.69) is 5.32 Å². The molecule has 0 amide bonds. The van der Waals surface area contributed by atoms with Crippen LogP contribution in [-0.4, -0.2) is 27.3 Å². The van der Waals surface area contributed by atoms with Crippen LogP contribution in [0.2, 0.25) is 0 Å². The quantitative estimate of drug-likeness (QED) is 0.655. The average Bonchev–Trinajstić information content (AvgIpc) is 2.44. The molecule has 0 spiro atoms. The van der Waals surface area contributed by atoms with Gasteiger partial charge in [-0.25, -0.2) is 0 Å². The number of hydrogen-bond acceptors (Lipinski definition) is 4. The first kappa shape index (κ1) is 15.8. The molecule has 1 rings (SSSR count). The van der Waals surface area contributed by atoms with Crippen molar-refractivity contribution < 1.29 is 15.0 Å². The van der Waals surface area contributed by atoms with Crippen LogP contribution < -0.4 is 5.32 Å². The van der Waals surface area contributed by atoms with Crippen molar-refractivity contribution in [3.05, 3.63) is 35.9 Å². The molecule has 4 heteroatoms. The number of benzene rings is 1. The summed E-state index contributed by atoms with van der Waals surface area (Å²) in [6.45, 7) is 5.18. The lowest BCUT2D eigenvalue weighted by Gasteiger charge is -2.40. The van der Waals surface area contributed by atoms with Crippen molar-refractivity contribution in [1.82, 2.24) is 5.32 Å². The number of rotatable bonds is 7. The molecule has 1 aromatic carbocycles. The van der Waals surface area contributed by atoms with Gasteiger partial charge in [-0.1, -0.05) is 44.2 Å². The molecule has 0 aliphatic heterocycles. The van der Waals surface area contributed by atoms with E-state index in [0.29, 0.717) is 6.54 Å². The molecule has 0 radical (unpaired) electrons. The number of carbonyl (C=O) groups is 1. The Labute approximate surface area is 114 Å². The fourth-order valence-electron chi connectivity index (χ4n) is 2.12. The third-order valence-electron chi connectivity index (χ3n) is 3.58. The Morgan fingerprint density at radius 3 is 2.26 bits per heavy atom. The maximum Gasteiger partial charge on any atom is 0.168 e. The largest absolute Gasteiger partial charge is 0.378 e. The summed E-state index contributed by atoms with van der Waals surface area (Å²) in [5.41, 5.74) is -2.45. The van der Waals surface area contributed by atoms with Crippen molar-refractivity contribution >= 4 is 5.78 Å². The Bertz CT molecular complexity index is 417. The van der Waals surface area contributed by atoms with Gasteiger partial charge in [-0.05, 0) is 18.9 Å². The lowest BCUT2D eigenvalue weighted by molar-refractivity contribution is -0.179. The maximum absolute atomic E-state index is 11.9. The van der Waals surface area contributed by atoms with Crippen LogP contribution >= 0.6 is 0 Å². The number of Topliss-reactive ketones (excluding diaryl/α,β-unsaturated/α-hetero) is 1. The van der Waals surface area contributed by atoms with Crippen molar-refractivity contribution in [3.8, 4) is 0 Å². The summed E-state index contributed by atoms with van der Waals surface area (Å²) in [5.74, 6) is -0.361. The molecule has 1 aromatic rings. The highest BCUT2D eigenvalue weighted by Gasteiger charge is 2.49. The SMILES string of the molecule is CCC(=O)[C@](O)(CC)[C@@](C)(O)NCc1ccccc1. The second kappa shape index (κ2) is 6.28. The lowest BCUT2D eigenvalue weighted by Crippen LogP contribution is -2.64. The number of nitrogens with one attached hydrogen (secondary N) is 1. The summed E-state index contributed by atoms with van der Waals surface area (Å²) in [5, 5.41) is 23.7. The van der Waals surface area contributed by atoms with E-state index in [-0.39, 0.29) is 18.6 Å². The molecule has 2 atom stereocenters. The van der Waals surface area contributed by atoms with E-state index >= 15 is 0 Å². The number of ketones is 1. The van der Waals surface area contributed by atoms with Gasteiger partial charge in [-0.3, -0.25) is 10.1 Å². The molecule has 0 saturated heterocycles. The molecule has 4 nitrogen and oxygen atoms in total. The molecule has 0 fully saturated rings. The van der Waals surface area contributed by atoms with Gasteiger partial charge in [0.05, 0.1) is 0 Å². The van der Waals surface area contributed by atoms with Gasteiger partial charge in [0, 0.05) is 13.0 Å².